The SMILES string of the molecule is CCCCCCCCCCC1(O)C=CC(O)=CC1. The van der Waals surface area contributed by atoms with E-state index in [1.54, 1.807) is 18.2 Å². The number of hydrogen-bond donors (Lipinski definition) is 2. The largest absolute Gasteiger partial charge is 0.508 e. The van der Waals surface area contributed by atoms with Crippen LogP contribution in [0.15, 0.2) is 24.0 Å². The second kappa shape index (κ2) is 8.36. The quantitative estimate of drug-likeness (QED) is 0.586. The first-order chi connectivity index (χ1) is 8.66. The molecule has 2 heteroatoms. The summed E-state index contributed by atoms with van der Waals surface area (Å²) < 4.78 is 0. The van der Waals surface area contributed by atoms with Gasteiger partial charge in [-0.25, -0.2) is 0 Å². The molecule has 0 fully saturated rings. The van der Waals surface area contributed by atoms with Crippen LogP contribution in [-0.4, -0.2) is 15.8 Å². The van der Waals surface area contributed by atoms with Crippen LogP contribution in [0.5, 0.6) is 0 Å². The Morgan fingerprint density at radius 2 is 1.67 bits per heavy atom. The van der Waals surface area contributed by atoms with Crippen LogP contribution in [0.4, 0.5) is 0 Å². The highest BCUT2D eigenvalue weighted by molar-refractivity contribution is 5.22. The maximum absolute atomic E-state index is 10.2. The van der Waals surface area contributed by atoms with Gasteiger partial charge in [-0.1, -0.05) is 58.3 Å². The van der Waals surface area contributed by atoms with E-state index in [0.717, 1.165) is 12.8 Å². The topological polar surface area (TPSA) is 40.5 Å². The van der Waals surface area contributed by atoms with Crippen LogP contribution in [0.1, 0.15) is 71.1 Å². The van der Waals surface area contributed by atoms with Crippen molar-refractivity contribution < 1.29 is 10.2 Å². The molecular weight excluding hydrogens is 224 g/mol. The average molecular weight is 252 g/mol. The molecule has 0 bridgehead atoms. The molecule has 2 nitrogen and oxygen atoms in total. The van der Waals surface area contributed by atoms with E-state index in [0.29, 0.717) is 6.42 Å². The summed E-state index contributed by atoms with van der Waals surface area (Å²) in [5.41, 5.74) is -0.714. The monoisotopic (exact) mass is 252 g/mol. The van der Waals surface area contributed by atoms with E-state index < -0.39 is 5.60 Å². The maximum atomic E-state index is 10.2. The molecule has 1 aliphatic rings. The fourth-order valence-corrected chi connectivity index (χ4v) is 2.41. The Hall–Kier alpha value is -0.760. The summed E-state index contributed by atoms with van der Waals surface area (Å²) in [7, 11) is 0. The lowest BCUT2D eigenvalue weighted by Gasteiger charge is -2.25. The Bertz CT molecular complexity index is 281. The summed E-state index contributed by atoms with van der Waals surface area (Å²) in [5, 5.41) is 19.4. The zero-order valence-corrected chi connectivity index (χ0v) is 11.7. The van der Waals surface area contributed by atoms with Crippen LogP contribution < -0.4 is 0 Å². The number of aliphatic hydroxyl groups excluding tert-OH is 1. The minimum Gasteiger partial charge on any atom is -0.508 e. The Morgan fingerprint density at radius 1 is 1.06 bits per heavy atom. The number of aliphatic hydroxyl groups is 2. The van der Waals surface area contributed by atoms with E-state index in [1.807, 2.05) is 0 Å². The van der Waals surface area contributed by atoms with Gasteiger partial charge in [-0.3, -0.25) is 0 Å². The molecule has 0 heterocycles. The molecule has 18 heavy (non-hydrogen) atoms. The summed E-state index contributed by atoms with van der Waals surface area (Å²) in [4.78, 5) is 0. The molecule has 0 radical (unpaired) electrons. The highest BCUT2D eigenvalue weighted by Crippen LogP contribution is 2.26. The van der Waals surface area contributed by atoms with Crippen LogP contribution >= 0.6 is 0 Å². The minimum atomic E-state index is -0.714. The van der Waals surface area contributed by atoms with Gasteiger partial charge in [0.1, 0.15) is 5.76 Å². The molecule has 1 unspecified atom stereocenters. The molecule has 0 aliphatic heterocycles. The van der Waals surface area contributed by atoms with Gasteiger partial charge in [0.25, 0.3) is 0 Å². The molecule has 0 aromatic heterocycles. The summed E-state index contributed by atoms with van der Waals surface area (Å²) in [6.45, 7) is 2.24. The van der Waals surface area contributed by atoms with Crippen LogP contribution in [0.3, 0.4) is 0 Å². The Morgan fingerprint density at radius 3 is 2.22 bits per heavy atom. The third-order valence-electron chi connectivity index (χ3n) is 3.69. The first-order valence-electron chi connectivity index (χ1n) is 7.47. The number of rotatable bonds is 9. The summed E-state index contributed by atoms with van der Waals surface area (Å²) in [6, 6.07) is 0. The van der Waals surface area contributed by atoms with E-state index in [4.69, 9.17) is 0 Å². The molecule has 1 atom stereocenters. The molecule has 0 aromatic carbocycles. The van der Waals surface area contributed by atoms with Crippen LogP contribution in [-0.2, 0) is 0 Å². The van der Waals surface area contributed by atoms with Gasteiger partial charge in [0, 0.05) is 6.42 Å². The highest BCUT2D eigenvalue weighted by atomic mass is 16.3. The summed E-state index contributed by atoms with van der Waals surface area (Å²) in [5.74, 6) is 0.274. The van der Waals surface area contributed by atoms with Gasteiger partial charge in [-0.2, -0.15) is 0 Å². The molecule has 0 spiro atoms. The number of allylic oxidation sites excluding steroid dienone is 1. The van der Waals surface area contributed by atoms with Gasteiger partial charge in [0.05, 0.1) is 5.60 Å². The summed E-state index contributed by atoms with van der Waals surface area (Å²) in [6.07, 6.45) is 16.7. The lowest BCUT2D eigenvalue weighted by Crippen LogP contribution is -2.26. The van der Waals surface area contributed by atoms with Crippen molar-refractivity contribution in [3.8, 4) is 0 Å². The van der Waals surface area contributed by atoms with Crippen molar-refractivity contribution in [1.82, 2.24) is 0 Å². The van der Waals surface area contributed by atoms with Crippen molar-refractivity contribution in [2.24, 2.45) is 0 Å². The van der Waals surface area contributed by atoms with Gasteiger partial charge in [-0.15, -0.1) is 0 Å². The second-order valence-electron chi connectivity index (χ2n) is 5.49. The third-order valence-corrected chi connectivity index (χ3v) is 3.69. The standard InChI is InChI=1S/C16H28O2/c1-2-3-4-5-6-7-8-9-12-16(18)13-10-15(17)11-14-16/h10-11,13,17-18H,2-9,12,14H2,1H3. The minimum absolute atomic E-state index is 0.274. The molecule has 1 aliphatic carbocycles. The zero-order chi connectivity index (χ0) is 13.3. The second-order valence-corrected chi connectivity index (χ2v) is 5.49. The van der Waals surface area contributed by atoms with Gasteiger partial charge in [-0.05, 0) is 24.6 Å². The predicted octanol–water partition coefficient (Wildman–Crippen LogP) is 4.65. The Kier molecular flexibility index (Phi) is 7.11. The van der Waals surface area contributed by atoms with Crippen molar-refractivity contribution in [3.05, 3.63) is 24.0 Å². The number of unbranched alkanes of at least 4 members (excludes halogenated alkanes) is 7. The van der Waals surface area contributed by atoms with Crippen molar-refractivity contribution in [3.63, 3.8) is 0 Å². The fourth-order valence-electron chi connectivity index (χ4n) is 2.41. The molecule has 2 N–H and O–H groups in total. The van der Waals surface area contributed by atoms with Gasteiger partial charge in [0.2, 0.25) is 0 Å². The molecule has 1 rings (SSSR count). The van der Waals surface area contributed by atoms with Crippen LogP contribution in [0.25, 0.3) is 0 Å². The van der Waals surface area contributed by atoms with E-state index in [1.165, 1.54) is 44.9 Å². The Labute approximate surface area is 111 Å². The maximum Gasteiger partial charge on any atom is 0.111 e. The smallest absolute Gasteiger partial charge is 0.111 e. The summed E-state index contributed by atoms with van der Waals surface area (Å²) >= 11 is 0. The van der Waals surface area contributed by atoms with E-state index in [-0.39, 0.29) is 5.76 Å². The Balaban J connectivity index is 2.00. The molecule has 0 saturated heterocycles. The molecule has 0 aromatic rings. The molecule has 0 saturated carbocycles. The van der Waals surface area contributed by atoms with Gasteiger partial charge >= 0.3 is 0 Å². The van der Waals surface area contributed by atoms with E-state index in [2.05, 4.69) is 6.92 Å². The highest BCUT2D eigenvalue weighted by Gasteiger charge is 2.24. The fraction of sp³-hybridized carbons (Fsp3) is 0.750. The molecule has 104 valence electrons. The normalized spacial score (nSPS) is 23.1. The van der Waals surface area contributed by atoms with Crippen molar-refractivity contribution >= 4 is 0 Å². The van der Waals surface area contributed by atoms with Crippen molar-refractivity contribution in [2.45, 2.75) is 76.7 Å². The van der Waals surface area contributed by atoms with Crippen LogP contribution in [0, 0.1) is 0 Å². The predicted molar refractivity (Wildman–Crippen MR) is 76.6 cm³/mol. The van der Waals surface area contributed by atoms with E-state index in [9.17, 15) is 10.2 Å². The first-order valence-corrected chi connectivity index (χ1v) is 7.47. The van der Waals surface area contributed by atoms with Gasteiger partial charge in [0.15, 0.2) is 0 Å². The number of hydrogen-bond acceptors (Lipinski definition) is 2. The van der Waals surface area contributed by atoms with E-state index >= 15 is 0 Å². The van der Waals surface area contributed by atoms with Crippen molar-refractivity contribution in [2.75, 3.05) is 0 Å². The first kappa shape index (κ1) is 15.3. The third kappa shape index (κ3) is 6.25. The average Bonchev–Trinajstić information content (AvgIpc) is 2.37. The lowest BCUT2D eigenvalue weighted by atomic mass is 9.89. The molecule has 0 amide bonds. The van der Waals surface area contributed by atoms with Gasteiger partial charge < -0.3 is 10.2 Å². The van der Waals surface area contributed by atoms with Crippen molar-refractivity contribution in [1.29, 1.82) is 0 Å². The molecular formula is C16H28O2. The lowest BCUT2D eigenvalue weighted by molar-refractivity contribution is 0.0783. The zero-order valence-electron chi connectivity index (χ0n) is 11.7. The van der Waals surface area contributed by atoms with Crippen LogP contribution in [0.2, 0.25) is 0 Å².